The van der Waals surface area contributed by atoms with Crippen LogP contribution in [0.5, 0.6) is 0 Å². The predicted molar refractivity (Wildman–Crippen MR) is 234 cm³/mol. The number of hydrogen-bond donors (Lipinski definition) is 5. The van der Waals surface area contributed by atoms with E-state index in [0.29, 0.717) is 42.9 Å². The molecule has 4 rings (SSSR count). The maximum Gasteiger partial charge on any atom is 3.00 e. The monoisotopic (exact) mass is 1100 g/mol. The first-order valence-corrected chi connectivity index (χ1v) is 23.1. The van der Waals surface area contributed by atoms with Gasteiger partial charge in [0.15, 0.2) is 0 Å². The fraction of sp³-hybridized carbons (Fsp3) is 0.667. The van der Waals surface area contributed by atoms with Crippen LogP contribution in [0.15, 0.2) is 18.5 Å². The maximum absolute atomic E-state index is 13.5. The Morgan fingerprint density at radius 1 is 0.824 bits per heavy atom. The van der Waals surface area contributed by atoms with Gasteiger partial charge in [0.25, 0.3) is 0 Å². The number of carbonyl (C=O) groups excluding carboxylic acids is 7. The zero-order valence-corrected chi connectivity index (χ0v) is 41.0. The van der Waals surface area contributed by atoms with Crippen LogP contribution in [-0.2, 0) is 38.4 Å². The Labute approximate surface area is 429 Å². The molecule has 1 radical (unpaired) electrons. The van der Waals surface area contributed by atoms with E-state index in [1.807, 2.05) is 0 Å². The molecule has 4 heterocycles. The van der Waals surface area contributed by atoms with Gasteiger partial charge in [-0.25, -0.2) is 0 Å². The maximum atomic E-state index is 13.5. The van der Waals surface area contributed by atoms with Crippen LogP contribution in [0.25, 0.3) is 0 Å². The second-order valence-electron chi connectivity index (χ2n) is 17.4. The fourth-order valence-corrected chi connectivity index (χ4v) is 8.44. The van der Waals surface area contributed by atoms with Gasteiger partial charge in [0.1, 0.15) is 0 Å². The molecule has 3 atom stereocenters. The van der Waals surface area contributed by atoms with Gasteiger partial charge < -0.3 is 61.0 Å². The Bertz CT molecular complexity index is 1900. The van der Waals surface area contributed by atoms with Crippen molar-refractivity contribution in [3.63, 3.8) is 0 Å². The normalized spacial score (nSPS) is 19.2. The summed E-state index contributed by atoms with van der Waals surface area (Å²) < 4.78 is 0. The molecular weight excluding hydrogens is 1030 g/mol. The summed E-state index contributed by atoms with van der Waals surface area (Å²) in [7, 11) is 0. The number of carboxylic acid groups (broad SMARTS) is 4. The van der Waals surface area contributed by atoms with Crippen molar-refractivity contribution in [3.8, 4) is 11.8 Å². The molecule has 0 unspecified atom stereocenters. The SMILES string of the molecule is C[C@@H](C(=O)NCC(=O)NCCC#Cc1cncc([C@H](CC(=O)O)NC(=O)[C@@H]2CCCN(C(=O)CCC3CCNCC3)C2)c1)N1CCN(CC(=O)[O-])CCN(CC(=O)[O-])CCN(CC(=O)[O-])CC1.[Gd+3]. The van der Waals surface area contributed by atoms with Gasteiger partial charge in [0.05, 0.1) is 48.9 Å². The molecule has 5 N–H and O–H groups in total. The minimum absolute atomic E-state index is 0. The van der Waals surface area contributed by atoms with Crippen LogP contribution in [0.2, 0.25) is 0 Å². The first kappa shape index (κ1) is 57.9. The molecule has 3 aliphatic rings. The molecule has 4 amide bonds. The molecule has 1 aromatic heterocycles. The van der Waals surface area contributed by atoms with Crippen LogP contribution in [0.4, 0.5) is 0 Å². The smallest absolute Gasteiger partial charge is 0.549 e. The summed E-state index contributed by atoms with van der Waals surface area (Å²) in [6, 6.07) is -0.0563. The van der Waals surface area contributed by atoms with Crippen LogP contribution in [-0.4, -0.2) is 199 Å². The third kappa shape index (κ3) is 21.9. The molecule has 3 aliphatic heterocycles. The average molecular weight is 1100 g/mol. The number of carboxylic acids is 4. The molecule has 0 bridgehead atoms. The topological polar surface area (TPSA) is 303 Å². The van der Waals surface area contributed by atoms with Crippen LogP contribution in [0.3, 0.4) is 0 Å². The summed E-state index contributed by atoms with van der Waals surface area (Å²) in [6.07, 6.45) is 7.42. The Balaban J connectivity index is 0.0000122. The Morgan fingerprint density at radius 3 is 1.99 bits per heavy atom. The molecule has 3 fully saturated rings. The van der Waals surface area contributed by atoms with Crippen molar-refractivity contribution in [1.82, 2.24) is 50.8 Å². The Kier molecular flexibility index (Phi) is 26.4. The summed E-state index contributed by atoms with van der Waals surface area (Å²) in [6.45, 7) is 4.18. The Hall–Kier alpha value is -4.41. The van der Waals surface area contributed by atoms with Crippen molar-refractivity contribution in [2.24, 2.45) is 11.8 Å². The van der Waals surface area contributed by atoms with E-state index in [0.717, 1.165) is 32.4 Å². The van der Waals surface area contributed by atoms with Crippen molar-refractivity contribution in [2.75, 3.05) is 111 Å². The minimum atomic E-state index is -1.33. The van der Waals surface area contributed by atoms with Crippen LogP contribution < -0.4 is 36.6 Å². The van der Waals surface area contributed by atoms with E-state index in [1.165, 1.54) is 17.3 Å². The molecule has 0 saturated carbocycles. The number of piperidine rings is 2. The van der Waals surface area contributed by atoms with E-state index in [2.05, 4.69) is 38.1 Å². The molecule has 23 heteroatoms. The number of nitrogens with one attached hydrogen (secondary N) is 4. The van der Waals surface area contributed by atoms with E-state index in [9.17, 15) is 58.8 Å². The average Bonchev–Trinajstić information content (AvgIpc) is 3.29. The fourth-order valence-electron chi connectivity index (χ4n) is 8.44. The molecule has 3 saturated heterocycles. The van der Waals surface area contributed by atoms with Crippen molar-refractivity contribution in [3.05, 3.63) is 29.6 Å². The molecule has 1 aromatic rings. The number of pyridine rings is 1. The largest absolute Gasteiger partial charge is 3.00 e. The molecule has 0 aliphatic carbocycles. The number of hydrogen-bond acceptors (Lipinski definition) is 17. The Morgan fingerprint density at radius 2 is 1.41 bits per heavy atom. The van der Waals surface area contributed by atoms with E-state index in [4.69, 9.17) is 0 Å². The zero-order chi connectivity index (χ0) is 48.7. The van der Waals surface area contributed by atoms with Gasteiger partial charge in [0.2, 0.25) is 23.6 Å². The number of likely N-dealkylation sites (tertiary alicyclic amines) is 1. The van der Waals surface area contributed by atoms with E-state index in [-0.39, 0.29) is 130 Å². The molecule has 0 spiro atoms. The zero-order valence-electron chi connectivity index (χ0n) is 38.7. The second kappa shape index (κ2) is 31.0. The number of carbonyl (C=O) groups is 8. The standard InChI is InChI=1S/C45H68N10O12.Gd/c1-32(54-21-19-52(30-42(62)63)17-15-51(29-41(60)61)16-18-53(20-22-54)31-43(64)65)44(66)49-27-38(56)48-11-3-2-5-34-23-36(26-47-25-34)37(24-40(58)59)50-45(67)35-6-4-14-55(28-35)39(57)8-7-33-9-12-46-13-10-33;/h23,25-26,32-33,35,37,46H,3-4,6-22,24,27-31H2,1H3,(H,48,56)(H,49,66)(H,50,67)(H,58,59)(H,60,61)(H,62,63)(H,64,65);/q;+3/p-3/t32-,35+,37-;/m0./s1. The van der Waals surface area contributed by atoms with Crippen molar-refractivity contribution >= 4 is 47.5 Å². The molecule has 0 aromatic carbocycles. The van der Waals surface area contributed by atoms with E-state index < -0.39 is 79.7 Å². The van der Waals surface area contributed by atoms with E-state index in [1.54, 1.807) is 32.6 Å². The van der Waals surface area contributed by atoms with Crippen molar-refractivity contribution in [1.29, 1.82) is 0 Å². The number of nitrogens with zero attached hydrogens (tertiary/aromatic N) is 6. The van der Waals surface area contributed by atoms with Gasteiger partial charge >= 0.3 is 45.9 Å². The molecule has 375 valence electrons. The summed E-state index contributed by atoms with van der Waals surface area (Å²) in [4.78, 5) is 111. The second-order valence-corrected chi connectivity index (χ2v) is 17.4. The predicted octanol–water partition coefficient (Wildman–Crippen LogP) is -5.43. The number of aromatic nitrogens is 1. The van der Waals surface area contributed by atoms with Gasteiger partial charge in [-0.1, -0.05) is 11.8 Å². The summed E-state index contributed by atoms with van der Waals surface area (Å²) in [5.74, 6) is -0.472. The number of aliphatic carboxylic acids is 4. The summed E-state index contributed by atoms with van der Waals surface area (Å²) >= 11 is 0. The van der Waals surface area contributed by atoms with Gasteiger partial charge in [0, 0.05) is 122 Å². The third-order valence-corrected chi connectivity index (χ3v) is 12.3. The van der Waals surface area contributed by atoms with Gasteiger partial charge in [-0.05, 0) is 69.7 Å². The molecular formula is C45H65GdN10O12. The first-order valence-electron chi connectivity index (χ1n) is 23.1. The molecule has 22 nitrogen and oxygen atoms in total. The summed E-state index contributed by atoms with van der Waals surface area (Å²) in [5.41, 5.74) is 0.911. The quantitative estimate of drug-likeness (QED) is 0.0601. The van der Waals surface area contributed by atoms with Gasteiger partial charge in [-0.3, -0.25) is 48.6 Å². The van der Waals surface area contributed by atoms with Crippen LogP contribution in [0.1, 0.15) is 75.5 Å². The van der Waals surface area contributed by atoms with Crippen molar-refractivity contribution in [2.45, 2.75) is 70.4 Å². The van der Waals surface area contributed by atoms with Crippen LogP contribution >= 0.6 is 0 Å². The number of amides is 4. The first-order chi connectivity index (χ1) is 32.1. The van der Waals surface area contributed by atoms with E-state index >= 15 is 0 Å². The molecule has 68 heavy (non-hydrogen) atoms. The minimum Gasteiger partial charge on any atom is -0.549 e. The third-order valence-electron chi connectivity index (χ3n) is 12.3. The van der Waals surface area contributed by atoms with Gasteiger partial charge in [-0.2, -0.15) is 0 Å². The van der Waals surface area contributed by atoms with Crippen molar-refractivity contribution < 1.29 is 98.7 Å². The number of rotatable bonds is 20. The van der Waals surface area contributed by atoms with Gasteiger partial charge in [-0.15, -0.1) is 0 Å². The summed E-state index contributed by atoms with van der Waals surface area (Å²) in [5, 5.41) is 55.5. The van der Waals surface area contributed by atoms with Crippen LogP contribution in [0, 0.1) is 63.6 Å².